The Hall–Kier alpha value is -0.540. The van der Waals surface area contributed by atoms with Gasteiger partial charge in [0.2, 0.25) is 0 Å². The molecular formula is C7H11ClN2O. The summed E-state index contributed by atoms with van der Waals surface area (Å²) in [5.41, 5.74) is 0.834. The van der Waals surface area contributed by atoms with E-state index in [4.69, 9.17) is 16.3 Å². The zero-order chi connectivity index (χ0) is 8.27. The molecule has 3 nitrogen and oxygen atoms in total. The molecule has 0 aliphatic rings. The van der Waals surface area contributed by atoms with Gasteiger partial charge in [-0.1, -0.05) is 11.6 Å². The van der Waals surface area contributed by atoms with Crippen molar-refractivity contribution in [3.8, 4) is 0 Å². The lowest BCUT2D eigenvalue weighted by Gasteiger charge is -2.04. The monoisotopic (exact) mass is 174 g/mol. The second-order valence-corrected chi connectivity index (χ2v) is 2.96. The largest absolute Gasteiger partial charge is 0.372 e. The molecule has 0 aliphatic heterocycles. The minimum absolute atomic E-state index is 0.217. The van der Waals surface area contributed by atoms with E-state index in [9.17, 15) is 0 Å². The molecule has 0 amide bonds. The van der Waals surface area contributed by atoms with Crippen molar-refractivity contribution in [2.45, 2.75) is 26.6 Å². The average molecular weight is 175 g/mol. The summed E-state index contributed by atoms with van der Waals surface area (Å²) in [7, 11) is 0. The molecule has 1 heterocycles. The predicted molar refractivity (Wildman–Crippen MR) is 43.5 cm³/mol. The number of rotatable bonds is 3. The van der Waals surface area contributed by atoms with Crippen molar-refractivity contribution >= 4 is 11.6 Å². The fourth-order valence-corrected chi connectivity index (χ4v) is 0.795. The van der Waals surface area contributed by atoms with Crippen LogP contribution in [-0.2, 0) is 11.3 Å². The zero-order valence-corrected chi connectivity index (χ0v) is 7.35. The summed E-state index contributed by atoms with van der Waals surface area (Å²) in [6.07, 6.45) is 1.79. The van der Waals surface area contributed by atoms with Gasteiger partial charge < -0.3 is 4.74 Å². The van der Waals surface area contributed by atoms with Crippen molar-refractivity contribution in [3.05, 3.63) is 16.9 Å². The number of aromatic amines is 1. The summed E-state index contributed by atoms with van der Waals surface area (Å²) in [6.45, 7) is 4.45. The minimum atomic E-state index is 0.217. The van der Waals surface area contributed by atoms with Crippen LogP contribution >= 0.6 is 11.6 Å². The standard InChI is InChI=1S/C7H11ClN2O/c1-5(2)11-4-7-6(8)3-9-10-7/h3,5H,4H2,1-2H3,(H,9,10). The Bertz CT molecular complexity index is 222. The van der Waals surface area contributed by atoms with Crippen molar-refractivity contribution in [1.29, 1.82) is 0 Å². The van der Waals surface area contributed by atoms with Crippen LogP contribution in [0.1, 0.15) is 19.5 Å². The number of H-pyrrole nitrogens is 1. The number of hydrogen-bond acceptors (Lipinski definition) is 2. The number of ether oxygens (including phenoxy) is 1. The van der Waals surface area contributed by atoms with Gasteiger partial charge in [0.1, 0.15) is 0 Å². The topological polar surface area (TPSA) is 37.9 Å². The lowest BCUT2D eigenvalue weighted by atomic mass is 10.4. The van der Waals surface area contributed by atoms with E-state index in [0.717, 1.165) is 5.69 Å². The molecule has 0 radical (unpaired) electrons. The number of nitrogens with zero attached hydrogens (tertiary/aromatic N) is 1. The highest BCUT2D eigenvalue weighted by Crippen LogP contribution is 2.12. The Morgan fingerprint density at radius 2 is 2.45 bits per heavy atom. The highest BCUT2D eigenvalue weighted by molar-refractivity contribution is 6.31. The predicted octanol–water partition coefficient (Wildman–Crippen LogP) is 1.99. The van der Waals surface area contributed by atoms with Gasteiger partial charge in [-0.25, -0.2) is 0 Å². The SMILES string of the molecule is CC(C)OCc1[nH]ncc1Cl. The molecular weight excluding hydrogens is 164 g/mol. The van der Waals surface area contributed by atoms with Gasteiger partial charge in [-0.05, 0) is 13.8 Å². The van der Waals surface area contributed by atoms with Crippen molar-refractivity contribution in [3.63, 3.8) is 0 Å². The Balaban J connectivity index is 2.44. The van der Waals surface area contributed by atoms with Crippen LogP contribution in [0.3, 0.4) is 0 Å². The summed E-state index contributed by atoms with van der Waals surface area (Å²) in [5.74, 6) is 0. The highest BCUT2D eigenvalue weighted by atomic mass is 35.5. The van der Waals surface area contributed by atoms with Crippen molar-refractivity contribution < 1.29 is 4.74 Å². The van der Waals surface area contributed by atoms with E-state index in [1.165, 1.54) is 0 Å². The molecule has 0 unspecified atom stereocenters. The maximum atomic E-state index is 5.75. The number of nitrogens with one attached hydrogen (secondary N) is 1. The van der Waals surface area contributed by atoms with Crippen LogP contribution in [-0.4, -0.2) is 16.3 Å². The van der Waals surface area contributed by atoms with Crippen LogP contribution in [0.5, 0.6) is 0 Å². The third kappa shape index (κ3) is 2.52. The van der Waals surface area contributed by atoms with E-state index >= 15 is 0 Å². The van der Waals surface area contributed by atoms with Crippen LogP contribution in [0.4, 0.5) is 0 Å². The number of aromatic nitrogens is 2. The second kappa shape index (κ2) is 3.74. The minimum Gasteiger partial charge on any atom is -0.372 e. The molecule has 0 bridgehead atoms. The van der Waals surface area contributed by atoms with Gasteiger partial charge >= 0.3 is 0 Å². The summed E-state index contributed by atoms with van der Waals surface area (Å²) < 4.78 is 5.31. The molecule has 1 aromatic rings. The molecule has 4 heteroatoms. The Labute approximate surface area is 70.7 Å². The molecule has 1 N–H and O–H groups in total. The maximum Gasteiger partial charge on any atom is 0.0900 e. The van der Waals surface area contributed by atoms with Gasteiger partial charge in [0.25, 0.3) is 0 Å². The highest BCUT2D eigenvalue weighted by Gasteiger charge is 2.02. The van der Waals surface area contributed by atoms with Crippen LogP contribution in [0.15, 0.2) is 6.20 Å². The molecule has 0 atom stereocenters. The number of hydrogen-bond donors (Lipinski definition) is 1. The molecule has 1 aromatic heterocycles. The smallest absolute Gasteiger partial charge is 0.0900 e. The Morgan fingerprint density at radius 3 is 2.91 bits per heavy atom. The van der Waals surface area contributed by atoms with Crippen molar-refractivity contribution in [2.24, 2.45) is 0 Å². The van der Waals surface area contributed by atoms with Crippen LogP contribution in [0.25, 0.3) is 0 Å². The normalized spacial score (nSPS) is 10.9. The summed E-state index contributed by atoms with van der Waals surface area (Å²) >= 11 is 5.75. The van der Waals surface area contributed by atoms with Gasteiger partial charge in [0.05, 0.1) is 29.6 Å². The maximum absolute atomic E-state index is 5.75. The first kappa shape index (κ1) is 8.56. The van der Waals surface area contributed by atoms with Gasteiger partial charge in [-0.2, -0.15) is 5.10 Å². The van der Waals surface area contributed by atoms with E-state index in [2.05, 4.69) is 10.2 Å². The van der Waals surface area contributed by atoms with E-state index in [1.54, 1.807) is 6.20 Å². The molecule has 0 aliphatic carbocycles. The van der Waals surface area contributed by atoms with Crippen LogP contribution in [0, 0.1) is 0 Å². The molecule has 0 aromatic carbocycles. The third-order valence-electron chi connectivity index (χ3n) is 1.23. The first-order valence-corrected chi connectivity index (χ1v) is 3.87. The van der Waals surface area contributed by atoms with Gasteiger partial charge in [-0.15, -0.1) is 0 Å². The first-order valence-electron chi connectivity index (χ1n) is 3.49. The quantitative estimate of drug-likeness (QED) is 0.761. The molecule has 11 heavy (non-hydrogen) atoms. The first-order chi connectivity index (χ1) is 5.20. The van der Waals surface area contributed by atoms with E-state index in [0.29, 0.717) is 11.6 Å². The second-order valence-electron chi connectivity index (χ2n) is 2.56. The fraction of sp³-hybridized carbons (Fsp3) is 0.571. The average Bonchev–Trinajstić information content (AvgIpc) is 2.31. The fourth-order valence-electron chi connectivity index (χ4n) is 0.649. The van der Waals surface area contributed by atoms with Crippen molar-refractivity contribution in [2.75, 3.05) is 0 Å². The van der Waals surface area contributed by atoms with Gasteiger partial charge in [-0.3, -0.25) is 5.10 Å². The zero-order valence-electron chi connectivity index (χ0n) is 6.60. The molecule has 0 spiro atoms. The van der Waals surface area contributed by atoms with Gasteiger partial charge in [0.15, 0.2) is 0 Å². The van der Waals surface area contributed by atoms with E-state index in [-0.39, 0.29) is 6.10 Å². The Kier molecular flexibility index (Phi) is 2.91. The lowest BCUT2D eigenvalue weighted by molar-refractivity contribution is 0.0636. The van der Waals surface area contributed by atoms with Crippen LogP contribution < -0.4 is 0 Å². The number of halogens is 1. The third-order valence-corrected chi connectivity index (χ3v) is 1.55. The Morgan fingerprint density at radius 1 is 1.73 bits per heavy atom. The molecule has 0 fully saturated rings. The van der Waals surface area contributed by atoms with Crippen LogP contribution in [0.2, 0.25) is 5.02 Å². The van der Waals surface area contributed by atoms with E-state index in [1.807, 2.05) is 13.8 Å². The van der Waals surface area contributed by atoms with Gasteiger partial charge in [0, 0.05) is 0 Å². The molecule has 1 rings (SSSR count). The molecule has 0 saturated heterocycles. The lowest BCUT2D eigenvalue weighted by Crippen LogP contribution is -2.02. The summed E-state index contributed by atoms with van der Waals surface area (Å²) in [6, 6.07) is 0. The summed E-state index contributed by atoms with van der Waals surface area (Å²) in [5, 5.41) is 7.15. The molecule has 0 saturated carbocycles. The van der Waals surface area contributed by atoms with Crippen molar-refractivity contribution in [1.82, 2.24) is 10.2 Å². The summed E-state index contributed by atoms with van der Waals surface area (Å²) in [4.78, 5) is 0. The van der Waals surface area contributed by atoms with E-state index < -0.39 is 0 Å². The molecule has 62 valence electrons.